The lowest BCUT2D eigenvalue weighted by molar-refractivity contribution is 0.102. The van der Waals surface area contributed by atoms with Crippen molar-refractivity contribution in [2.45, 2.75) is 63.7 Å². The molecule has 10 heteroatoms. The van der Waals surface area contributed by atoms with Crippen molar-refractivity contribution in [2.24, 2.45) is 0 Å². The van der Waals surface area contributed by atoms with Gasteiger partial charge in [0.2, 0.25) is 0 Å². The number of carbonyl (C=O) groups excluding carboxylic acids is 1. The number of rotatable bonds is 9. The van der Waals surface area contributed by atoms with E-state index in [0.717, 1.165) is 37.4 Å². The smallest absolute Gasteiger partial charge is 0.329 e. The first-order valence-electron chi connectivity index (χ1n) is 11.9. The molecule has 1 aliphatic rings. The second-order valence-electron chi connectivity index (χ2n) is 8.61. The highest BCUT2D eigenvalue weighted by Gasteiger charge is 2.21. The molecule has 0 fully saturated rings. The minimum Gasteiger partial charge on any atom is -0.384 e. The van der Waals surface area contributed by atoms with Crippen molar-refractivity contribution in [2.75, 3.05) is 11.5 Å². The molecular weight excluding hydrogens is 466 g/mol. The third-order valence-electron chi connectivity index (χ3n) is 6.17. The molecule has 1 aromatic carbocycles. The second kappa shape index (κ2) is 10.9. The van der Waals surface area contributed by atoms with Crippen molar-refractivity contribution >= 4 is 34.3 Å². The number of ketones is 1. The van der Waals surface area contributed by atoms with Crippen LogP contribution in [0.4, 0.5) is 5.82 Å². The number of nitrogens with two attached hydrogens (primary N) is 1. The van der Waals surface area contributed by atoms with Crippen molar-refractivity contribution in [1.82, 2.24) is 19.1 Å². The molecule has 1 aliphatic carbocycles. The zero-order valence-electron chi connectivity index (χ0n) is 19.7. The molecule has 0 saturated carbocycles. The van der Waals surface area contributed by atoms with Crippen LogP contribution in [0.15, 0.2) is 55.5 Å². The van der Waals surface area contributed by atoms with Gasteiger partial charge in [0, 0.05) is 13.1 Å². The Labute approximate surface area is 206 Å². The molecule has 2 heterocycles. The van der Waals surface area contributed by atoms with Crippen molar-refractivity contribution in [3.8, 4) is 0 Å². The zero-order valence-corrected chi connectivity index (χ0v) is 20.5. The maximum atomic E-state index is 13.3. The number of benzene rings is 1. The van der Waals surface area contributed by atoms with Gasteiger partial charge in [0.15, 0.2) is 10.9 Å². The first kappa shape index (κ1) is 24.7. The number of nitrogen functional groups attached to an aromatic ring is 1. The average Bonchev–Trinajstić information content (AvgIpc) is 2.85. The molecule has 0 bridgehead atoms. The number of aromatic amines is 1. The predicted molar refractivity (Wildman–Crippen MR) is 138 cm³/mol. The van der Waals surface area contributed by atoms with Gasteiger partial charge in [-0.3, -0.25) is 28.5 Å². The van der Waals surface area contributed by atoms with E-state index < -0.39 is 17.0 Å². The fourth-order valence-electron chi connectivity index (χ4n) is 4.35. The Balaban J connectivity index is 1.65. The number of carbonyl (C=O) groups is 1. The van der Waals surface area contributed by atoms with Crippen molar-refractivity contribution in [3.05, 3.63) is 72.7 Å². The number of Topliss-reactive ketones (excluding diaryl/α,β-unsaturated/α-hetero) is 1. The average molecular weight is 496 g/mol. The summed E-state index contributed by atoms with van der Waals surface area (Å²) in [5.74, 6) is -0.813. The standard InChI is InChI=1S/C25H29N5O4S/c1-2-13-29-21(26)20(22(32)28-24(29)34)19(31)15-35-25-27-18-11-7-6-10-17(18)23(33)30(25)14-12-16-8-4-3-5-9-16/h6-8,10-11H,2-5,9,12-15,26H2,1H3,(H,28,32,34). The van der Waals surface area contributed by atoms with Crippen LogP contribution in [0.1, 0.15) is 55.8 Å². The monoisotopic (exact) mass is 495 g/mol. The quantitative estimate of drug-likeness (QED) is 0.202. The van der Waals surface area contributed by atoms with Crippen LogP contribution in [0.5, 0.6) is 0 Å². The van der Waals surface area contributed by atoms with Crippen LogP contribution in [-0.4, -0.2) is 30.6 Å². The molecule has 9 nitrogen and oxygen atoms in total. The van der Waals surface area contributed by atoms with Crippen molar-refractivity contribution in [1.29, 1.82) is 0 Å². The van der Waals surface area contributed by atoms with Gasteiger partial charge >= 0.3 is 5.69 Å². The van der Waals surface area contributed by atoms with Gasteiger partial charge in [0.05, 0.1) is 16.7 Å². The second-order valence-corrected chi connectivity index (χ2v) is 9.55. The van der Waals surface area contributed by atoms with Gasteiger partial charge < -0.3 is 5.73 Å². The molecule has 0 amide bonds. The molecule has 0 saturated heterocycles. The third kappa shape index (κ3) is 5.32. The molecule has 35 heavy (non-hydrogen) atoms. The minimum absolute atomic E-state index is 0.140. The fraction of sp³-hybridized carbons (Fsp3) is 0.400. The number of nitrogens with one attached hydrogen (secondary N) is 1. The molecule has 3 N–H and O–H groups in total. The highest BCUT2D eigenvalue weighted by Crippen LogP contribution is 2.23. The van der Waals surface area contributed by atoms with Gasteiger partial charge in [-0.15, -0.1) is 0 Å². The third-order valence-corrected chi connectivity index (χ3v) is 7.14. The van der Waals surface area contributed by atoms with E-state index in [9.17, 15) is 19.2 Å². The highest BCUT2D eigenvalue weighted by molar-refractivity contribution is 7.99. The lowest BCUT2D eigenvalue weighted by Crippen LogP contribution is -2.36. The molecule has 0 aliphatic heterocycles. The highest BCUT2D eigenvalue weighted by atomic mass is 32.2. The van der Waals surface area contributed by atoms with Crippen LogP contribution in [0.2, 0.25) is 0 Å². The molecule has 184 valence electrons. The van der Waals surface area contributed by atoms with Crippen molar-refractivity contribution in [3.63, 3.8) is 0 Å². The molecule has 3 aromatic rings. The number of para-hydroxylation sites is 1. The van der Waals surface area contributed by atoms with Crippen molar-refractivity contribution < 1.29 is 4.79 Å². The van der Waals surface area contributed by atoms with E-state index in [0.29, 0.717) is 29.0 Å². The van der Waals surface area contributed by atoms with E-state index in [1.807, 2.05) is 13.0 Å². The van der Waals surface area contributed by atoms with E-state index in [2.05, 4.69) is 16.0 Å². The fourth-order valence-corrected chi connectivity index (χ4v) is 5.24. The maximum absolute atomic E-state index is 13.3. The number of hydrogen-bond donors (Lipinski definition) is 2. The molecular formula is C25H29N5O4S. The summed E-state index contributed by atoms with van der Waals surface area (Å²) in [5.41, 5.74) is 6.08. The molecule has 0 unspecified atom stereocenters. The Bertz CT molecular complexity index is 1470. The Hall–Kier alpha value is -3.40. The summed E-state index contributed by atoms with van der Waals surface area (Å²) < 4.78 is 2.81. The number of anilines is 1. The molecule has 0 radical (unpaired) electrons. The van der Waals surface area contributed by atoms with Crippen LogP contribution in [0, 0.1) is 0 Å². The van der Waals surface area contributed by atoms with Crippen LogP contribution in [0.3, 0.4) is 0 Å². The Morgan fingerprint density at radius 1 is 1.14 bits per heavy atom. The molecule has 0 atom stereocenters. The maximum Gasteiger partial charge on any atom is 0.329 e. The number of thioether (sulfide) groups is 1. The van der Waals surface area contributed by atoms with E-state index in [1.165, 1.54) is 16.6 Å². The van der Waals surface area contributed by atoms with E-state index in [1.54, 1.807) is 22.8 Å². The van der Waals surface area contributed by atoms with E-state index in [4.69, 9.17) is 5.73 Å². The number of nitrogens with zero attached hydrogens (tertiary/aromatic N) is 3. The van der Waals surface area contributed by atoms with E-state index >= 15 is 0 Å². The van der Waals surface area contributed by atoms with Gasteiger partial charge in [-0.25, -0.2) is 9.78 Å². The molecule has 2 aromatic heterocycles. The number of aromatic nitrogens is 4. The van der Waals surface area contributed by atoms with Gasteiger partial charge in [-0.2, -0.15) is 0 Å². The number of hydrogen-bond acceptors (Lipinski definition) is 7. The van der Waals surface area contributed by atoms with Crippen LogP contribution >= 0.6 is 11.8 Å². The zero-order chi connectivity index (χ0) is 24.9. The number of fused-ring (bicyclic) bond motifs is 1. The lowest BCUT2D eigenvalue weighted by atomic mass is 9.97. The lowest BCUT2D eigenvalue weighted by Gasteiger charge is -2.16. The minimum atomic E-state index is -0.807. The number of H-pyrrole nitrogens is 1. The molecule has 0 spiro atoms. The predicted octanol–water partition coefficient (Wildman–Crippen LogP) is 3.10. The summed E-state index contributed by atoms with van der Waals surface area (Å²) in [7, 11) is 0. The summed E-state index contributed by atoms with van der Waals surface area (Å²) in [4.78, 5) is 57.6. The van der Waals surface area contributed by atoms with Gasteiger partial charge in [0.25, 0.3) is 11.1 Å². The summed E-state index contributed by atoms with van der Waals surface area (Å²) in [6.07, 6.45) is 8.05. The Morgan fingerprint density at radius 2 is 1.94 bits per heavy atom. The normalized spacial score (nSPS) is 13.7. The summed E-state index contributed by atoms with van der Waals surface area (Å²) >= 11 is 1.09. The first-order chi connectivity index (χ1) is 16.9. The SMILES string of the molecule is CCCn1c(N)c(C(=O)CSc2nc3ccccc3c(=O)n2CCC2=CCCCC2)c(=O)[nH]c1=O. The Morgan fingerprint density at radius 3 is 2.69 bits per heavy atom. The van der Waals surface area contributed by atoms with E-state index in [-0.39, 0.29) is 29.2 Å². The largest absolute Gasteiger partial charge is 0.384 e. The summed E-state index contributed by atoms with van der Waals surface area (Å²) in [6.45, 7) is 2.61. The van der Waals surface area contributed by atoms with Gasteiger partial charge in [0.1, 0.15) is 11.4 Å². The van der Waals surface area contributed by atoms with Gasteiger partial charge in [-0.1, -0.05) is 42.5 Å². The summed E-state index contributed by atoms with van der Waals surface area (Å²) in [5, 5.41) is 0.934. The molecule has 4 rings (SSSR count). The number of allylic oxidation sites excluding steroid dienone is 2. The Kier molecular flexibility index (Phi) is 7.70. The van der Waals surface area contributed by atoms with Crippen LogP contribution in [0.25, 0.3) is 10.9 Å². The van der Waals surface area contributed by atoms with Crippen LogP contribution < -0.4 is 22.5 Å². The first-order valence-corrected chi connectivity index (χ1v) is 12.8. The topological polar surface area (TPSA) is 133 Å². The van der Waals surface area contributed by atoms with Gasteiger partial charge in [-0.05, 0) is 50.7 Å². The van der Waals surface area contributed by atoms with Crippen LogP contribution in [-0.2, 0) is 13.1 Å². The summed E-state index contributed by atoms with van der Waals surface area (Å²) in [6, 6.07) is 7.12.